The minimum Gasteiger partial charge on any atom is -0.456 e. The van der Waals surface area contributed by atoms with Gasteiger partial charge in [0, 0.05) is 5.56 Å². The van der Waals surface area contributed by atoms with E-state index >= 15 is 0 Å². The normalized spacial score (nSPS) is 10.2. The number of aliphatic hydroxyl groups excluding tert-OH is 1. The molecule has 3 nitrogen and oxygen atoms in total. The summed E-state index contributed by atoms with van der Waals surface area (Å²) in [7, 11) is 0. The van der Waals surface area contributed by atoms with Crippen LogP contribution in [-0.4, -0.2) is 10.1 Å². The van der Waals surface area contributed by atoms with Crippen molar-refractivity contribution in [2.75, 3.05) is 0 Å². The number of hydrogen-bond acceptors (Lipinski definition) is 3. The molecule has 0 saturated heterocycles. The molecule has 0 aromatic heterocycles. The Labute approximate surface area is 121 Å². The van der Waals surface area contributed by atoms with Crippen molar-refractivity contribution in [3.05, 3.63) is 58.6 Å². The van der Waals surface area contributed by atoms with E-state index in [1.165, 1.54) is 0 Å². The minimum atomic E-state index is 0.00365. The summed E-state index contributed by atoms with van der Waals surface area (Å²) in [6.07, 6.45) is 0. The van der Waals surface area contributed by atoms with Gasteiger partial charge in [-0.25, -0.2) is 0 Å². The van der Waals surface area contributed by atoms with Gasteiger partial charge < -0.3 is 15.6 Å². The molecule has 0 fully saturated rings. The van der Waals surface area contributed by atoms with Gasteiger partial charge in [0.25, 0.3) is 0 Å². The Morgan fingerprint density at radius 1 is 1.21 bits per heavy atom. The molecule has 5 heteroatoms. The van der Waals surface area contributed by atoms with E-state index in [0.717, 1.165) is 5.56 Å². The van der Waals surface area contributed by atoms with E-state index in [-0.39, 0.29) is 6.61 Å². The predicted molar refractivity (Wildman–Crippen MR) is 79.8 cm³/mol. The molecule has 0 unspecified atom stereocenters. The highest BCUT2D eigenvalue weighted by atomic mass is 35.5. The van der Waals surface area contributed by atoms with Gasteiger partial charge in [0.05, 0.1) is 11.6 Å². The van der Waals surface area contributed by atoms with E-state index in [2.05, 4.69) is 0 Å². The van der Waals surface area contributed by atoms with Crippen LogP contribution in [0.15, 0.2) is 42.5 Å². The highest BCUT2D eigenvalue weighted by Gasteiger charge is 2.06. The highest BCUT2D eigenvalue weighted by Crippen LogP contribution is 2.30. The molecular weight excluding hydrogens is 282 g/mol. The number of halogens is 1. The van der Waals surface area contributed by atoms with Gasteiger partial charge in [-0.05, 0) is 35.9 Å². The summed E-state index contributed by atoms with van der Waals surface area (Å²) in [6, 6.07) is 12.2. The van der Waals surface area contributed by atoms with Crippen molar-refractivity contribution in [2.45, 2.75) is 6.61 Å². The van der Waals surface area contributed by atoms with Gasteiger partial charge in [0.2, 0.25) is 0 Å². The molecule has 0 atom stereocenters. The second-order valence-corrected chi connectivity index (χ2v) is 4.76. The van der Waals surface area contributed by atoms with E-state index in [9.17, 15) is 0 Å². The van der Waals surface area contributed by atoms with Crippen molar-refractivity contribution in [3.63, 3.8) is 0 Å². The Balaban J connectivity index is 2.20. The number of aliphatic hydroxyl groups is 1. The van der Waals surface area contributed by atoms with Crippen LogP contribution in [0.25, 0.3) is 0 Å². The summed E-state index contributed by atoms with van der Waals surface area (Å²) in [6.45, 7) is 0.00365. The average molecular weight is 294 g/mol. The molecule has 98 valence electrons. The first-order valence-electron chi connectivity index (χ1n) is 5.57. The van der Waals surface area contributed by atoms with Crippen LogP contribution >= 0.6 is 23.8 Å². The lowest BCUT2D eigenvalue weighted by molar-refractivity contribution is 0.281. The molecule has 2 aromatic carbocycles. The standard InChI is InChI=1S/C14H12ClNO2S/c15-12-7-10(14(16)19)3-6-13(12)18-11-4-1-9(8-17)2-5-11/h1-7,17H,8H2,(H2,16,19). The lowest BCUT2D eigenvalue weighted by atomic mass is 10.2. The second-order valence-electron chi connectivity index (χ2n) is 3.91. The Morgan fingerprint density at radius 2 is 1.89 bits per heavy atom. The first kappa shape index (κ1) is 13.8. The summed E-state index contributed by atoms with van der Waals surface area (Å²) in [5.74, 6) is 1.17. The van der Waals surface area contributed by atoms with Crippen LogP contribution in [-0.2, 0) is 6.61 Å². The molecule has 0 bridgehead atoms. The summed E-state index contributed by atoms with van der Waals surface area (Å²) < 4.78 is 5.65. The maximum absolute atomic E-state index is 8.96. The van der Waals surface area contributed by atoms with Gasteiger partial charge in [0.15, 0.2) is 0 Å². The number of ether oxygens (including phenoxy) is 1. The Kier molecular flexibility index (Phi) is 4.37. The number of hydrogen-bond donors (Lipinski definition) is 2. The number of thiocarbonyl (C=S) groups is 1. The van der Waals surface area contributed by atoms with Gasteiger partial charge >= 0.3 is 0 Å². The van der Waals surface area contributed by atoms with Crippen molar-refractivity contribution in [2.24, 2.45) is 5.73 Å². The van der Waals surface area contributed by atoms with E-state index in [4.69, 9.17) is 39.4 Å². The zero-order valence-corrected chi connectivity index (χ0v) is 11.5. The van der Waals surface area contributed by atoms with Gasteiger partial charge in [0.1, 0.15) is 16.5 Å². The Hall–Kier alpha value is -1.62. The Morgan fingerprint density at radius 3 is 2.42 bits per heavy atom. The number of nitrogens with two attached hydrogens (primary N) is 1. The van der Waals surface area contributed by atoms with Crippen molar-refractivity contribution in [1.29, 1.82) is 0 Å². The number of benzene rings is 2. The van der Waals surface area contributed by atoms with Crippen LogP contribution < -0.4 is 10.5 Å². The maximum Gasteiger partial charge on any atom is 0.146 e. The molecule has 0 saturated carbocycles. The maximum atomic E-state index is 8.96. The fourth-order valence-corrected chi connectivity index (χ4v) is 1.87. The molecule has 0 aliphatic rings. The second kappa shape index (κ2) is 6.02. The SMILES string of the molecule is NC(=S)c1ccc(Oc2ccc(CO)cc2)c(Cl)c1. The highest BCUT2D eigenvalue weighted by molar-refractivity contribution is 7.80. The van der Waals surface area contributed by atoms with Gasteiger partial charge in [-0.15, -0.1) is 0 Å². The Bertz CT molecular complexity index is 599. The topological polar surface area (TPSA) is 55.5 Å². The summed E-state index contributed by atoms with van der Waals surface area (Å²) >= 11 is 11.0. The zero-order valence-electron chi connectivity index (χ0n) is 9.97. The molecule has 3 N–H and O–H groups in total. The zero-order chi connectivity index (χ0) is 13.8. The molecule has 19 heavy (non-hydrogen) atoms. The molecular formula is C14H12ClNO2S. The molecule has 2 rings (SSSR count). The molecule has 0 aliphatic carbocycles. The third kappa shape index (κ3) is 3.44. The summed E-state index contributed by atoms with van der Waals surface area (Å²) in [5.41, 5.74) is 7.04. The van der Waals surface area contributed by atoms with E-state index in [1.54, 1.807) is 42.5 Å². The first-order chi connectivity index (χ1) is 9.10. The molecule has 0 spiro atoms. The van der Waals surface area contributed by atoms with Gasteiger partial charge in [-0.3, -0.25) is 0 Å². The third-order valence-electron chi connectivity index (χ3n) is 2.55. The lowest BCUT2D eigenvalue weighted by Crippen LogP contribution is -2.08. The smallest absolute Gasteiger partial charge is 0.146 e. The molecule has 2 aromatic rings. The van der Waals surface area contributed by atoms with E-state index < -0.39 is 0 Å². The fraction of sp³-hybridized carbons (Fsp3) is 0.0714. The fourth-order valence-electron chi connectivity index (χ4n) is 1.53. The largest absolute Gasteiger partial charge is 0.456 e. The van der Waals surface area contributed by atoms with Crippen LogP contribution in [0.2, 0.25) is 5.02 Å². The summed E-state index contributed by atoms with van der Waals surface area (Å²) in [4.78, 5) is 0.292. The minimum absolute atomic E-state index is 0.00365. The van der Waals surface area contributed by atoms with Crippen LogP contribution in [0, 0.1) is 0 Å². The first-order valence-corrected chi connectivity index (χ1v) is 6.36. The molecule has 0 heterocycles. The predicted octanol–water partition coefficient (Wildman–Crippen LogP) is 3.26. The molecule has 0 aliphatic heterocycles. The summed E-state index contributed by atoms with van der Waals surface area (Å²) in [5, 5.41) is 9.40. The molecule has 0 amide bonds. The van der Waals surface area contributed by atoms with Crippen LogP contribution in [0.4, 0.5) is 0 Å². The third-order valence-corrected chi connectivity index (χ3v) is 3.08. The van der Waals surface area contributed by atoms with Gasteiger partial charge in [-0.2, -0.15) is 0 Å². The van der Waals surface area contributed by atoms with Crippen molar-refractivity contribution in [3.8, 4) is 11.5 Å². The van der Waals surface area contributed by atoms with E-state index in [0.29, 0.717) is 27.1 Å². The lowest BCUT2D eigenvalue weighted by Gasteiger charge is -2.09. The van der Waals surface area contributed by atoms with Gasteiger partial charge in [-0.1, -0.05) is 36.0 Å². The molecule has 0 radical (unpaired) electrons. The van der Waals surface area contributed by atoms with Crippen molar-refractivity contribution >= 4 is 28.8 Å². The monoisotopic (exact) mass is 293 g/mol. The quantitative estimate of drug-likeness (QED) is 0.850. The van der Waals surface area contributed by atoms with Crippen molar-refractivity contribution in [1.82, 2.24) is 0 Å². The van der Waals surface area contributed by atoms with Crippen molar-refractivity contribution < 1.29 is 9.84 Å². The van der Waals surface area contributed by atoms with Crippen LogP contribution in [0.3, 0.4) is 0 Å². The number of rotatable bonds is 4. The van der Waals surface area contributed by atoms with E-state index in [1.807, 2.05) is 0 Å². The van der Waals surface area contributed by atoms with Crippen LogP contribution in [0.1, 0.15) is 11.1 Å². The van der Waals surface area contributed by atoms with Crippen LogP contribution in [0.5, 0.6) is 11.5 Å². The average Bonchev–Trinajstić information content (AvgIpc) is 2.41.